The molecule has 1 amide bonds. The molecule has 0 radical (unpaired) electrons. The average Bonchev–Trinajstić information content (AvgIpc) is 3.26. The minimum absolute atomic E-state index is 0.100. The summed E-state index contributed by atoms with van der Waals surface area (Å²) in [6, 6.07) is 6.34. The van der Waals surface area contributed by atoms with Crippen LogP contribution in [0.5, 0.6) is 0 Å². The Bertz CT molecular complexity index is 539. The van der Waals surface area contributed by atoms with Gasteiger partial charge in [0.15, 0.2) is 0 Å². The number of aryl methyl sites for hydroxylation is 2. The van der Waals surface area contributed by atoms with Crippen molar-refractivity contribution >= 4 is 5.91 Å². The van der Waals surface area contributed by atoms with Gasteiger partial charge in [0.2, 0.25) is 0 Å². The van der Waals surface area contributed by atoms with E-state index in [-0.39, 0.29) is 5.91 Å². The topological polar surface area (TPSA) is 29.1 Å². The third-order valence-electron chi connectivity index (χ3n) is 5.64. The number of amides is 1. The lowest BCUT2D eigenvalue weighted by Crippen LogP contribution is -2.45. The zero-order valence-corrected chi connectivity index (χ0v) is 15.5. The highest BCUT2D eigenvalue weighted by atomic mass is 16.1. The molecule has 1 aromatic rings. The van der Waals surface area contributed by atoms with Crippen LogP contribution in [0.25, 0.3) is 0 Å². The first-order valence-corrected chi connectivity index (χ1v) is 9.29. The maximum atomic E-state index is 12.8. The van der Waals surface area contributed by atoms with Crippen LogP contribution in [0.1, 0.15) is 80.8 Å². The van der Waals surface area contributed by atoms with E-state index in [4.69, 9.17) is 0 Å². The van der Waals surface area contributed by atoms with Gasteiger partial charge in [0, 0.05) is 11.6 Å². The third kappa shape index (κ3) is 4.37. The lowest BCUT2D eigenvalue weighted by atomic mass is 9.81. The van der Waals surface area contributed by atoms with Crippen LogP contribution in [0.2, 0.25) is 0 Å². The fraction of sp³-hybridized carbons (Fsp3) is 0.667. The first kappa shape index (κ1) is 18.0. The number of carbonyl (C=O) groups is 1. The van der Waals surface area contributed by atoms with Crippen LogP contribution in [0.15, 0.2) is 18.2 Å². The van der Waals surface area contributed by atoms with E-state index < -0.39 is 0 Å². The largest absolute Gasteiger partial charge is 0.348 e. The van der Waals surface area contributed by atoms with Crippen molar-refractivity contribution in [3.8, 4) is 0 Å². The fourth-order valence-corrected chi connectivity index (χ4v) is 3.70. The summed E-state index contributed by atoms with van der Waals surface area (Å²) in [4.78, 5) is 12.8. The molecule has 0 heterocycles. The van der Waals surface area contributed by atoms with Gasteiger partial charge >= 0.3 is 0 Å². The highest BCUT2D eigenvalue weighted by molar-refractivity contribution is 5.94. The van der Waals surface area contributed by atoms with Crippen molar-refractivity contribution < 1.29 is 4.79 Å². The molecule has 23 heavy (non-hydrogen) atoms. The molecule has 0 bridgehead atoms. The Hall–Kier alpha value is -1.31. The molecule has 0 aliphatic heterocycles. The Kier molecular flexibility index (Phi) is 5.89. The van der Waals surface area contributed by atoms with E-state index in [0.717, 1.165) is 5.56 Å². The van der Waals surface area contributed by atoms with Crippen LogP contribution >= 0.6 is 0 Å². The van der Waals surface area contributed by atoms with Gasteiger partial charge in [-0.05, 0) is 74.1 Å². The van der Waals surface area contributed by atoms with Crippen LogP contribution in [-0.4, -0.2) is 11.9 Å². The minimum Gasteiger partial charge on any atom is -0.348 e. The zero-order valence-electron chi connectivity index (χ0n) is 15.5. The van der Waals surface area contributed by atoms with E-state index >= 15 is 0 Å². The number of benzene rings is 1. The summed E-state index contributed by atoms with van der Waals surface area (Å²) in [5, 5.41) is 3.41. The predicted molar refractivity (Wildman–Crippen MR) is 97.8 cm³/mol. The molecular formula is C21H33NO. The van der Waals surface area contributed by atoms with Gasteiger partial charge in [-0.2, -0.15) is 0 Å². The Morgan fingerprint density at radius 3 is 2.22 bits per heavy atom. The third-order valence-corrected chi connectivity index (χ3v) is 5.64. The van der Waals surface area contributed by atoms with Gasteiger partial charge in [0.25, 0.3) is 5.91 Å². The van der Waals surface area contributed by atoms with Crippen molar-refractivity contribution in [1.29, 1.82) is 0 Å². The van der Waals surface area contributed by atoms with Crippen molar-refractivity contribution in [2.24, 2.45) is 11.3 Å². The van der Waals surface area contributed by atoms with Crippen LogP contribution in [0, 0.1) is 25.2 Å². The Balaban J connectivity index is 2.16. The number of hydrogen-bond donors (Lipinski definition) is 1. The molecular weight excluding hydrogens is 282 g/mol. The van der Waals surface area contributed by atoms with E-state index in [2.05, 4.69) is 39.9 Å². The van der Waals surface area contributed by atoms with E-state index in [1.807, 2.05) is 18.2 Å². The molecule has 0 saturated heterocycles. The van der Waals surface area contributed by atoms with E-state index in [1.165, 1.54) is 49.7 Å². The van der Waals surface area contributed by atoms with Gasteiger partial charge in [-0.25, -0.2) is 0 Å². The first-order valence-electron chi connectivity index (χ1n) is 9.29. The van der Waals surface area contributed by atoms with Crippen LogP contribution in [0.4, 0.5) is 0 Å². The summed E-state index contributed by atoms with van der Waals surface area (Å²) in [7, 11) is 0. The molecule has 1 saturated carbocycles. The number of rotatable bonds is 8. The fourth-order valence-electron chi connectivity index (χ4n) is 3.70. The maximum Gasteiger partial charge on any atom is 0.251 e. The standard InChI is InChI=1S/C21H33NO/c1-6-8-17(9-7-2)19(21(5)12-13-21)22-20(23)18-11-10-15(3)16(4)14-18/h10-11,14,17,19H,6-9,12-13H2,1-5H3,(H,22,23). The molecule has 1 unspecified atom stereocenters. The molecule has 0 spiro atoms. The summed E-state index contributed by atoms with van der Waals surface area (Å²) in [6.45, 7) is 11.0. The van der Waals surface area contributed by atoms with Gasteiger partial charge in [-0.1, -0.05) is 39.7 Å². The maximum absolute atomic E-state index is 12.8. The second-order valence-electron chi connectivity index (χ2n) is 7.74. The van der Waals surface area contributed by atoms with Gasteiger partial charge < -0.3 is 5.32 Å². The molecule has 0 aromatic heterocycles. The zero-order chi connectivity index (χ0) is 17.0. The second-order valence-corrected chi connectivity index (χ2v) is 7.74. The number of nitrogens with one attached hydrogen (secondary N) is 1. The summed E-state index contributed by atoms with van der Waals surface area (Å²) >= 11 is 0. The normalized spacial score (nSPS) is 17.1. The van der Waals surface area contributed by atoms with Crippen molar-refractivity contribution in [2.45, 2.75) is 79.2 Å². The SMILES string of the molecule is CCCC(CCC)C(NC(=O)c1ccc(C)c(C)c1)C1(C)CC1. The lowest BCUT2D eigenvalue weighted by Gasteiger charge is -2.33. The molecule has 1 aliphatic carbocycles. The summed E-state index contributed by atoms with van der Waals surface area (Å²) in [5.41, 5.74) is 3.53. The first-order chi connectivity index (χ1) is 10.9. The van der Waals surface area contributed by atoms with E-state index in [9.17, 15) is 4.79 Å². The molecule has 128 valence electrons. The molecule has 1 N–H and O–H groups in total. The second kappa shape index (κ2) is 7.51. The van der Waals surface area contributed by atoms with Crippen molar-refractivity contribution in [1.82, 2.24) is 5.32 Å². The molecule has 2 rings (SSSR count). The van der Waals surface area contributed by atoms with Crippen molar-refractivity contribution in [3.05, 3.63) is 34.9 Å². The smallest absolute Gasteiger partial charge is 0.251 e. The highest BCUT2D eigenvalue weighted by Crippen LogP contribution is 2.51. The van der Waals surface area contributed by atoms with E-state index in [0.29, 0.717) is 17.4 Å². The minimum atomic E-state index is 0.100. The van der Waals surface area contributed by atoms with Crippen LogP contribution in [-0.2, 0) is 0 Å². The molecule has 1 aromatic carbocycles. The van der Waals surface area contributed by atoms with Gasteiger partial charge in [0.05, 0.1) is 0 Å². The van der Waals surface area contributed by atoms with Gasteiger partial charge in [0.1, 0.15) is 0 Å². The molecule has 1 aliphatic rings. The molecule has 2 nitrogen and oxygen atoms in total. The van der Waals surface area contributed by atoms with Crippen molar-refractivity contribution in [2.75, 3.05) is 0 Å². The summed E-state index contributed by atoms with van der Waals surface area (Å²) in [6.07, 6.45) is 7.29. The highest BCUT2D eigenvalue weighted by Gasteiger charge is 2.48. The average molecular weight is 316 g/mol. The monoisotopic (exact) mass is 315 g/mol. The Morgan fingerprint density at radius 1 is 1.13 bits per heavy atom. The Labute approximate surface area is 142 Å². The number of carbonyl (C=O) groups excluding carboxylic acids is 1. The molecule has 1 fully saturated rings. The molecule has 2 heteroatoms. The summed E-state index contributed by atoms with van der Waals surface area (Å²) < 4.78 is 0. The predicted octanol–water partition coefficient (Wildman–Crippen LogP) is 5.42. The lowest BCUT2D eigenvalue weighted by molar-refractivity contribution is 0.0884. The Morgan fingerprint density at radius 2 is 1.74 bits per heavy atom. The summed E-state index contributed by atoms with van der Waals surface area (Å²) in [5.74, 6) is 0.705. The van der Waals surface area contributed by atoms with Crippen LogP contribution in [0.3, 0.4) is 0 Å². The number of hydrogen-bond acceptors (Lipinski definition) is 1. The molecule has 1 atom stereocenters. The van der Waals surface area contributed by atoms with Crippen molar-refractivity contribution in [3.63, 3.8) is 0 Å². The van der Waals surface area contributed by atoms with Gasteiger partial charge in [-0.15, -0.1) is 0 Å². The van der Waals surface area contributed by atoms with Crippen LogP contribution < -0.4 is 5.32 Å². The quantitative estimate of drug-likeness (QED) is 0.682. The van der Waals surface area contributed by atoms with Gasteiger partial charge in [-0.3, -0.25) is 4.79 Å². The van der Waals surface area contributed by atoms with E-state index in [1.54, 1.807) is 0 Å².